The van der Waals surface area contributed by atoms with Gasteiger partial charge in [-0.2, -0.15) is 0 Å². The molecule has 14 heavy (non-hydrogen) atoms. The maximum atomic E-state index is 5.96. The smallest absolute Gasteiger partial charge is 0.185 e. The van der Waals surface area contributed by atoms with Gasteiger partial charge in [-0.05, 0) is 18.9 Å². The molecule has 0 spiro atoms. The van der Waals surface area contributed by atoms with E-state index in [0.717, 1.165) is 6.61 Å². The van der Waals surface area contributed by atoms with Crippen molar-refractivity contribution in [1.29, 1.82) is 0 Å². The molecule has 1 saturated heterocycles. The standard InChI is InChI=1S/C12H22O2/c1-7-12(6)13-8-11(4,5)10(14-12)9(2)3/h7,9-10H,1,8H2,2-6H3. The Bertz CT molecular complexity index is 220. The highest BCUT2D eigenvalue weighted by Gasteiger charge is 2.43. The zero-order valence-corrected chi connectivity index (χ0v) is 9.96. The summed E-state index contributed by atoms with van der Waals surface area (Å²) < 4.78 is 11.6. The molecule has 0 radical (unpaired) electrons. The molecule has 2 unspecified atom stereocenters. The monoisotopic (exact) mass is 198 g/mol. The van der Waals surface area contributed by atoms with E-state index in [1.165, 1.54) is 0 Å². The van der Waals surface area contributed by atoms with Crippen molar-refractivity contribution >= 4 is 0 Å². The predicted octanol–water partition coefficient (Wildman–Crippen LogP) is 2.99. The van der Waals surface area contributed by atoms with Gasteiger partial charge in [-0.3, -0.25) is 0 Å². The van der Waals surface area contributed by atoms with Gasteiger partial charge in [-0.1, -0.05) is 34.3 Å². The fourth-order valence-electron chi connectivity index (χ4n) is 2.00. The molecule has 2 nitrogen and oxygen atoms in total. The summed E-state index contributed by atoms with van der Waals surface area (Å²) in [6, 6.07) is 0. The second-order valence-electron chi connectivity index (χ2n) is 5.28. The van der Waals surface area contributed by atoms with Crippen LogP contribution in [0.2, 0.25) is 0 Å². The summed E-state index contributed by atoms with van der Waals surface area (Å²) in [6.07, 6.45) is 1.96. The van der Waals surface area contributed by atoms with E-state index in [1.54, 1.807) is 6.08 Å². The Kier molecular flexibility index (Phi) is 3.07. The lowest BCUT2D eigenvalue weighted by atomic mass is 9.80. The molecule has 1 heterocycles. The van der Waals surface area contributed by atoms with Crippen LogP contribution < -0.4 is 0 Å². The molecule has 0 aromatic heterocycles. The van der Waals surface area contributed by atoms with E-state index in [4.69, 9.17) is 9.47 Å². The Hall–Kier alpha value is -0.340. The molecule has 1 aliphatic rings. The van der Waals surface area contributed by atoms with Gasteiger partial charge in [0, 0.05) is 5.41 Å². The molecule has 1 rings (SSSR count). The lowest BCUT2D eigenvalue weighted by Crippen LogP contribution is -2.52. The molecule has 1 fully saturated rings. The van der Waals surface area contributed by atoms with Crippen LogP contribution in [0.15, 0.2) is 12.7 Å². The molecule has 0 bridgehead atoms. The Morgan fingerprint density at radius 1 is 1.36 bits per heavy atom. The maximum absolute atomic E-state index is 5.96. The summed E-state index contributed by atoms with van der Waals surface area (Å²) in [5.74, 6) is -0.113. The molecule has 0 aliphatic carbocycles. The largest absolute Gasteiger partial charge is 0.346 e. The number of ether oxygens (including phenoxy) is 2. The van der Waals surface area contributed by atoms with E-state index in [9.17, 15) is 0 Å². The van der Waals surface area contributed by atoms with Crippen molar-refractivity contribution in [2.45, 2.75) is 46.5 Å². The Morgan fingerprint density at radius 2 is 1.93 bits per heavy atom. The minimum absolute atomic E-state index is 0.0800. The average molecular weight is 198 g/mol. The second-order valence-corrected chi connectivity index (χ2v) is 5.28. The SMILES string of the molecule is C=CC1(C)OCC(C)(C)C(C(C)C)O1. The number of hydrogen-bond acceptors (Lipinski definition) is 2. The molecule has 0 aromatic carbocycles. The molecule has 0 aromatic rings. The first kappa shape index (κ1) is 11.7. The summed E-state index contributed by atoms with van der Waals surface area (Å²) in [7, 11) is 0. The molecule has 82 valence electrons. The highest BCUT2D eigenvalue weighted by Crippen LogP contribution is 2.38. The predicted molar refractivity (Wildman–Crippen MR) is 58.0 cm³/mol. The van der Waals surface area contributed by atoms with E-state index >= 15 is 0 Å². The van der Waals surface area contributed by atoms with Gasteiger partial charge >= 0.3 is 0 Å². The van der Waals surface area contributed by atoms with E-state index < -0.39 is 5.79 Å². The van der Waals surface area contributed by atoms with Gasteiger partial charge in [-0.15, -0.1) is 0 Å². The van der Waals surface area contributed by atoms with E-state index in [2.05, 4.69) is 34.3 Å². The minimum atomic E-state index is -0.607. The zero-order valence-electron chi connectivity index (χ0n) is 9.96. The average Bonchev–Trinajstić information content (AvgIpc) is 2.09. The normalized spacial score (nSPS) is 37.1. The second kappa shape index (κ2) is 3.67. The van der Waals surface area contributed by atoms with Crippen LogP contribution in [-0.2, 0) is 9.47 Å². The van der Waals surface area contributed by atoms with Crippen molar-refractivity contribution in [3.8, 4) is 0 Å². The third-order valence-corrected chi connectivity index (χ3v) is 2.84. The van der Waals surface area contributed by atoms with Crippen LogP contribution in [0.3, 0.4) is 0 Å². The topological polar surface area (TPSA) is 18.5 Å². The summed E-state index contributed by atoms with van der Waals surface area (Å²) >= 11 is 0. The van der Waals surface area contributed by atoms with Crippen molar-refractivity contribution in [2.24, 2.45) is 11.3 Å². The Labute approximate surface area is 87.3 Å². The third kappa shape index (κ3) is 2.18. The Morgan fingerprint density at radius 3 is 2.36 bits per heavy atom. The molecule has 0 saturated carbocycles. The highest BCUT2D eigenvalue weighted by molar-refractivity contribution is 4.94. The van der Waals surface area contributed by atoms with E-state index in [-0.39, 0.29) is 11.5 Å². The molecule has 2 heteroatoms. The summed E-state index contributed by atoms with van der Waals surface area (Å²) in [4.78, 5) is 0. The van der Waals surface area contributed by atoms with Gasteiger partial charge in [0.2, 0.25) is 0 Å². The summed E-state index contributed by atoms with van der Waals surface area (Å²) in [6.45, 7) is 15.1. The lowest BCUT2D eigenvalue weighted by Gasteiger charge is -2.47. The minimum Gasteiger partial charge on any atom is -0.346 e. The van der Waals surface area contributed by atoms with Crippen molar-refractivity contribution in [1.82, 2.24) is 0 Å². The number of hydrogen-bond donors (Lipinski definition) is 0. The molecule has 2 atom stereocenters. The first-order valence-corrected chi connectivity index (χ1v) is 5.26. The zero-order chi connectivity index (χ0) is 11.0. The van der Waals surface area contributed by atoms with Crippen molar-refractivity contribution < 1.29 is 9.47 Å². The van der Waals surface area contributed by atoms with Crippen LogP contribution in [0.25, 0.3) is 0 Å². The van der Waals surface area contributed by atoms with E-state index in [0.29, 0.717) is 5.92 Å². The molecule has 0 amide bonds. The van der Waals surface area contributed by atoms with Gasteiger partial charge in [0.05, 0.1) is 12.7 Å². The molecule has 1 aliphatic heterocycles. The fourth-order valence-corrected chi connectivity index (χ4v) is 2.00. The van der Waals surface area contributed by atoms with Crippen LogP contribution in [0.1, 0.15) is 34.6 Å². The van der Waals surface area contributed by atoms with Crippen LogP contribution in [-0.4, -0.2) is 18.5 Å². The van der Waals surface area contributed by atoms with Gasteiger partial charge in [0.1, 0.15) is 0 Å². The highest BCUT2D eigenvalue weighted by atomic mass is 16.7. The van der Waals surface area contributed by atoms with Crippen LogP contribution >= 0.6 is 0 Å². The van der Waals surface area contributed by atoms with Gasteiger partial charge in [-0.25, -0.2) is 0 Å². The number of rotatable bonds is 2. The fraction of sp³-hybridized carbons (Fsp3) is 0.833. The van der Waals surface area contributed by atoms with Gasteiger partial charge in [0.15, 0.2) is 5.79 Å². The molecule has 0 N–H and O–H groups in total. The lowest BCUT2D eigenvalue weighted by molar-refractivity contribution is -0.305. The molecular formula is C12H22O2. The maximum Gasteiger partial charge on any atom is 0.185 e. The molecular weight excluding hydrogens is 176 g/mol. The quantitative estimate of drug-likeness (QED) is 0.635. The van der Waals surface area contributed by atoms with Crippen LogP contribution in [0.5, 0.6) is 0 Å². The van der Waals surface area contributed by atoms with Gasteiger partial charge in [0.25, 0.3) is 0 Å². The third-order valence-electron chi connectivity index (χ3n) is 2.84. The summed E-state index contributed by atoms with van der Waals surface area (Å²) in [5, 5.41) is 0. The first-order chi connectivity index (χ1) is 6.31. The first-order valence-electron chi connectivity index (χ1n) is 5.26. The Balaban J connectivity index is 2.82. The van der Waals surface area contributed by atoms with Crippen molar-refractivity contribution in [3.05, 3.63) is 12.7 Å². The van der Waals surface area contributed by atoms with E-state index in [1.807, 2.05) is 6.92 Å². The van der Waals surface area contributed by atoms with Crippen LogP contribution in [0, 0.1) is 11.3 Å². The van der Waals surface area contributed by atoms with Crippen molar-refractivity contribution in [3.63, 3.8) is 0 Å². The van der Waals surface area contributed by atoms with Crippen LogP contribution in [0.4, 0.5) is 0 Å². The summed E-state index contributed by atoms with van der Waals surface area (Å²) in [5.41, 5.74) is 0.0800. The van der Waals surface area contributed by atoms with Crippen molar-refractivity contribution in [2.75, 3.05) is 6.61 Å². The van der Waals surface area contributed by atoms with Gasteiger partial charge < -0.3 is 9.47 Å².